The van der Waals surface area contributed by atoms with Gasteiger partial charge in [-0.25, -0.2) is 14.8 Å². The van der Waals surface area contributed by atoms with E-state index in [0.717, 1.165) is 13.1 Å². The molecule has 1 amide bonds. The number of halogens is 1. The summed E-state index contributed by atoms with van der Waals surface area (Å²) < 4.78 is 13.7. The molecule has 12 heteroatoms. The van der Waals surface area contributed by atoms with Crippen molar-refractivity contribution in [3.8, 4) is 11.5 Å². The largest absolute Gasteiger partial charge is 0.486 e. The Balaban J connectivity index is 1.31. The molecular weight excluding hydrogens is 568 g/mol. The normalized spacial score (nSPS) is 17.2. The second-order valence-electron chi connectivity index (χ2n) is 11.0. The Kier molecular flexibility index (Phi) is 7.77. The fourth-order valence-corrected chi connectivity index (χ4v) is 5.79. The van der Waals surface area contributed by atoms with Crippen LogP contribution in [0.5, 0.6) is 11.5 Å². The van der Waals surface area contributed by atoms with E-state index >= 15 is 0 Å². The monoisotopic (exact) mass is 600 g/mol. The van der Waals surface area contributed by atoms with E-state index < -0.39 is 17.6 Å². The highest BCUT2D eigenvalue weighted by molar-refractivity contribution is 9.10. The lowest BCUT2D eigenvalue weighted by Gasteiger charge is -2.45. The van der Waals surface area contributed by atoms with Crippen LogP contribution in [0.1, 0.15) is 45.3 Å². The summed E-state index contributed by atoms with van der Waals surface area (Å²) in [6.07, 6.45) is 3.35. The molecule has 2 aliphatic heterocycles. The molecule has 1 unspecified atom stereocenters. The summed E-state index contributed by atoms with van der Waals surface area (Å²) in [5, 5.41) is 10.4. The number of fused-ring (bicyclic) bond motifs is 2. The molecule has 0 aliphatic carbocycles. The minimum Gasteiger partial charge on any atom is -0.486 e. The van der Waals surface area contributed by atoms with Crippen molar-refractivity contribution in [2.45, 2.75) is 52.2 Å². The van der Waals surface area contributed by atoms with Crippen LogP contribution in [0.4, 0.5) is 4.79 Å². The second kappa shape index (κ2) is 11.1. The summed E-state index contributed by atoms with van der Waals surface area (Å²) in [5.74, 6) is 1.18. The molecule has 0 bridgehead atoms. The number of hydrogen-bond acceptors (Lipinski definition) is 8. The molecular formula is C27H33BrN6O5. The zero-order chi connectivity index (χ0) is 27.7. The van der Waals surface area contributed by atoms with Crippen molar-refractivity contribution in [2.24, 2.45) is 5.41 Å². The Morgan fingerprint density at radius 1 is 1.13 bits per heavy atom. The average molecular weight is 602 g/mol. The number of pyridine rings is 2. The van der Waals surface area contributed by atoms with Crippen molar-refractivity contribution >= 4 is 33.2 Å². The van der Waals surface area contributed by atoms with Crippen molar-refractivity contribution in [2.75, 3.05) is 32.8 Å². The quantitative estimate of drug-likeness (QED) is 0.419. The molecule has 3 aromatic rings. The van der Waals surface area contributed by atoms with Crippen molar-refractivity contribution in [3.63, 3.8) is 0 Å². The maximum absolute atomic E-state index is 12.7. The fourth-order valence-electron chi connectivity index (χ4n) is 5.49. The van der Waals surface area contributed by atoms with Gasteiger partial charge in [-0.3, -0.25) is 19.2 Å². The summed E-state index contributed by atoms with van der Waals surface area (Å²) >= 11 is 3.38. The third-order valence-corrected chi connectivity index (χ3v) is 7.74. The first-order valence-electron chi connectivity index (χ1n) is 13.1. The molecule has 3 aromatic heterocycles. The van der Waals surface area contributed by atoms with E-state index in [-0.39, 0.29) is 11.6 Å². The van der Waals surface area contributed by atoms with E-state index in [1.807, 2.05) is 32.9 Å². The van der Waals surface area contributed by atoms with Crippen LogP contribution in [0, 0.1) is 5.41 Å². The van der Waals surface area contributed by atoms with Crippen LogP contribution in [-0.4, -0.2) is 79.4 Å². The molecule has 1 fully saturated rings. The maximum Gasteiger partial charge on any atom is 0.408 e. The molecule has 0 spiro atoms. The first kappa shape index (κ1) is 27.3. The molecule has 1 N–H and O–H groups in total. The molecule has 1 saturated heterocycles. The number of rotatable bonds is 6. The van der Waals surface area contributed by atoms with Gasteiger partial charge in [0, 0.05) is 38.3 Å². The van der Waals surface area contributed by atoms with Gasteiger partial charge in [0.2, 0.25) is 0 Å². The van der Waals surface area contributed by atoms with Gasteiger partial charge in [0.1, 0.15) is 23.3 Å². The zero-order valence-electron chi connectivity index (χ0n) is 22.3. The molecule has 39 heavy (non-hydrogen) atoms. The molecule has 2 aliphatic rings. The number of amides is 1. The van der Waals surface area contributed by atoms with E-state index in [1.54, 1.807) is 21.7 Å². The van der Waals surface area contributed by atoms with Gasteiger partial charge in [0.05, 0.1) is 24.1 Å². The van der Waals surface area contributed by atoms with Gasteiger partial charge < -0.3 is 19.5 Å². The van der Waals surface area contributed by atoms with E-state index in [9.17, 15) is 14.7 Å². The van der Waals surface area contributed by atoms with Gasteiger partial charge in [-0.1, -0.05) is 20.8 Å². The first-order chi connectivity index (χ1) is 18.6. The van der Waals surface area contributed by atoms with Crippen LogP contribution < -0.4 is 15.0 Å². The minimum atomic E-state index is -0.962. The lowest BCUT2D eigenvalue weighted by molar-refractivity contribution is 0.0273. The molecule has 0 saturated carbocycles. The number of likely N-dealkylation sites (tertiary alicyclic amines) is 1. The van der Waals surface area contributed by atoms with Crippen LogP contribution in [-0.2, 0) is 6.54 Å². The Labute approximate surface area is 234 Å². The second-order valence-corrected chi connectivity index (χ2v) is 11.8. The number of piperidine rings is 1. The maximum atomic E-state index is 12.7. The van der Waals surface area contributed by atoms with Crippen LogP contribution >= 0.6 is 15.9 Å². The molecule has 208 valence electrons. The zero-order valence-corrected chi connectivity index (χ0v) is 23.9. The standard InChI is InChI=1S/C27H33BrN6O5/c1-27(2,3)24(19-14-20-21(15-29-19)39-13-12-38-20)34(26(36)37)17-6-8-32(9-7-17)10-11-33-23(35)16-30-18-4-5-22(28)31-25(18)33/h4-5,14-17,24H,6-13H2,1-3H3,(H,36,37). The third kappa shape index (κ3) is 5.86. The highest BCUT2D eigenvalue weighted by Crippen LogP contribution is 2.42. The minimum absolute atomic E-state index is 0.167. The van der Waals surface area contributed by atoms with E-state index in [2.05, 4.69) is 35.8 Å². The van der Waals surface area contributed by atoms with Gasteiger partial charge in [0.25, 0.3) is 5.56 Å². The summed E-state index contributed by atoms with van der Waals surface area (Å²) in [6.45, 7) is 9.57. The van der Waals surface area contributed by atoms with E-state index in [0.29, 0.717) is 72.1 Å². The van der Waals surface area contributed by atoms with Crippen molar-refractivity contribution in [1.82, 2.24) is 29.3 Å². The number of ether oxygens (including phenoxy) is 2. The van der Waals surface area contributed by atoms with Gasteiger partial charge in [-0.05, 0) is 46.3 Å². The number of hydrogen-bond donors (Lipinski definition) is 1. The van der Waals surface area contributed by atoms with Crippen LogP contribution in [0.25, 0.3) is 11.2 Å². The number of nitrogens with zero attached hydrogens (tertiary/aromatic N) is 6. The van der Waals surface area contributed by atoms with Gasteiger partial charge in [0.15, 0.2) is 17.1 Å². The SMILES string of the molecule is CC(C)(C)C(c1cc2c(cn1)OCCO2)N(C(=O)O)C1CCN(CCn2c(=O)cnc3ccc(Br)nc32)CC1. The topological polar surface area (TPSA) is 123 Å². The molecule has 5 heterocycles. The van der Waals surface area contributed by atoms with Crippen molar-refractivity contribution in [1.29, 1.82) is 0 Å². The Morgan fingerprint density at radius 3 is 2.54 bits per heavy atom. The van der Waals surface area contributed by atoms with Crippen LogP contribution in [0.3, 0.4) is 0 Å². The Bertz CT molecular complexity index is 1420. The summed E-state index contributed by atoms with van der Waals surface area (Å²) in [6, 6.07) is 4.82. The van der Waals surface area contributed by atoms with E-state index in [4.69, 9.17) is 9.47 Å². The lowest BCUT2D eigenvalue weighted by atomic mass is 9.82. The smallest absolute Gasteiger partial charge is 0.408 e. The Hall–Kier alpha value is -3.25. The van der Waals surface area contributed by atoms with Crippen LogP contribution in [0.15, 0.2) is 40.0 Å². The highest BCUT2D eigenvalue weighted by Gasteiger charge is 2.41. The number of aromatic nitrogens is 4. The molecule has 1 atom stereocenters. The predicted octanol–water partition coefficient (Wildman–Crippen LogP) is 3.95. The van der Waals surface area contributed by atoms with Gasteiger partial charge in [-0.2, -0.15) is 0 Å². The molecule has 0 radical (unpaired) electrons. The van der Waals surface area contributed by atoms with Gasteiger partial charge in [-0.15, -0.1) is 0 Å². The first-order valence-corrected chi connectivity index (χ1v) is 13.9. The highest BCUT2D eigenvalue weighted by atomic mass is 79.9. The molecule has 5 rings (SSSR count). The Morgan fingerprint density at radius 2 is 1.85 bits per heavy atom. The number of carboxylic acid groups (broad SMARTS) is 1. The third-order valence-electron chi connectivity index (χ3n) is 7.30. The molecule has 0 aromatic carbocycles. The molecule has 11 nitrogen and oxygen atoms in total. The van der Waals surface area contributed by atoms with Crippen molar-refractivity contribution in [3.05, 3.63) is 51.2 Å². The van der Waals surface area contributed by atoms with Crippen molar-refractivity contribution < 1.29 is 19.4 Å². The fraction of sp³-hybridized carbons (Fsp3) is 0.519. The summed E-state index contributed by atoms with van der Waals surface area (Å²) in [5.41, 5.74) is 1.26. The lowest BCUT2D eigenvalue weighted by Crippen LogP contribution is -2.51. The predicted molar refractivity (Wildman–Crippen MR) is 148 cm³/mol. The van der Waals surface area contributed by atoms with E-state index in [1.165, 1.54) is 6.20 Å². The average Bonchev–Trinajstić information content (AvgIpc) is 2.90. The number of carbonyl (C=O) groups is 1. The summed E-state index contributed by atoms with van der Waals surface area (Å²) in [4.78, 5) is 42.4. The summed E-state index contributed by atoms with van der Waals surface area (Å²) in [7, 11) is 0. The van der Waals surface area contributed by atoms with Gasteiger partial charge >= 0.3 is 6.09 Å². The van der Waals surface area contributed by atoms with Crippen LogP contribution in [0.2, 0.25) is 0 Å².